The van der Waals surface area contributed by atoms with Crippen molar-refractivity contribution < 1.29 is 17.9 Å². The summed E-state index contributed by atoms with van der Waals surface area (Å²) in [5, 5.41) is -0.847. The van der Waals surface area contributed by atoms with Gasteiger partial charge in [-0.2, -0.15) is 0 Å². The van der Waals surface area contributed by atoms with Crippen LogP contribution in [-0.2, 0) is 9.84 Å². The zero-order valence-electron chi connectivity index (χ0n) is 14.5. The van der Waals surface area contributed by atoms with Crippen LogP contribution in [0.2, 0.25) is 0 Å². The molecule has 4 rings (SSSR count). The largest absolute Gasteiger partial charge is 0.497 e. The lowest BCUT2D eigenvalue weighted by molar-refractivity contribution is 0.409. The Morgan fingerprint density at radius 1 is 0.885 bits per heavy atom. The topological polar surface area (TPSA) is 52.6 Å². The van der Waals surface area contributed by atoms with Crippen LogP contribution < -0.4 is 9.47 Å². The Morgan fingerprint density at radius 2 is 1.58 bits per heavy atom. The van der Waals surface area contributed by atoms with Gasteiger partial charge in [0.25, 0.3) is 0 Å². The minimum Gasteiger partial charge on any atom is -0.497 e. The molecule has 0 unspecified atom stereocenters. The number of sulfone groups is 1. The minimum absolute atomic E-state index is 0.290. The second kappa shape index (κ2) is 6.18. The Kier molecular flexibility index (Phi) is 3.96. The van der Waals surface area contributed by atoms with Crippen molar-refractivity contribution in [3.8, 4) is 17.2 Å². The maximum absolute atomic E-state index is 13.5. The van der Waals surface area contributed by atoms with E-state index in [1.165, 1.54) is 0 Å². The first kappa shape index (κ1) is 16.7. The third-order valence-electron chi connectivity index (χ3n) is 4.58. The van der Waals surface area contributed by atoms with E-state index in [2.05, 4.69) is 0 Å². The summed E-state index contributed by atoms with van der Waals surface area (Å²) in [7, 11) is -2.11. The number of ether oxygens (including phenoxy) is 2. The molecule has 0 radical (unpaired) electrons. The van der Waals surface area contributed by atoms with Crippen molar-refractivity contribution in [2.75, 3.05) is 7.11 Å². The van der Waals surface area contributed by atoms with Gasteiger partial charge in [-0.1, -0.05) is 35.9 Å². The molecule has 4 nitrogen and oxygen atoms in total. The number of para-hydroxylation sites is 1. The first-order valence-corrected chi connectivity index (χ1v) is 9.80. The van der Waals surface area contributed by atoms with E-state index in [-0.39, 0.29) is 0 Å². The van der Waals surface area contributed by atoms with E-state index in [0.29, 0.717) is 33.3 Å². The minimum atomic E-state index is -3.67. The molecule has 1 aliphatic rings. The lowest BCUT2D eigenvalue weighted by Crippen LogP contribution is -2.19. The average molecular weight is 366 g/mol. The Hall–Kier alpha value is -2.79. The van der Waals surface area contributed by atoms with Crippen molar-refractivity contribution in [3.63, 3.8) is 0 Å². The molecule has 132 valence electrons. The molecule has 26 heavy (non-hydrogen) atoms. The molecular formula is C21H18O4S. The molecule has 0 N–H and O–H groups in total. The molecule has 0 spiro atoms. The SMILES string of the molecule is COc1ccc2c(c1)[C@H](S(=O)(=O)c1ccc(C)cc1)c1ccccc1O2. The molecule has 1 aliphatic heterocycles. The van der Waals surface area contributed by atoms with E-state index in [1.807, 2.05) is 31.2 Å². The predicted octanol–water partition coefficient (Wildman–Crippen LogP) is 4.67. The van der Waals surface area contributed by atoms with Crippen molar-refractivity contribution in [2.45, 2.75) is 17.1 Å². The van der Waals surface area contributed by atoms with Crippen LogP contribution in [0.1, 0.15) is 21.9 Å². The van der Waals surface area contributed by atoms with Gasteiger partial charge in [0, 0.05) is 11.1 Å². The lowest BCUT2D eigenvalue weighted by atomic mass is 9.99. The third-order valence-corrected chi connectivity index (χ3v) is 6.64. The van der Waals surface area contributed by atoms with Crippen molar-refractivity contribution in [1.82, 2.24) is 0 Å². The van der Waals surface area contributed by atoms with E-state index in [1.54, 1.807) is 49.6 Å². The fourth-order valence-corrected chi connectivity index (χ4v) is 5.06. The van der Waals surface area contributed by atoms with Gasteiger partial charge >= 0.3 is 0 Å². The predicted molar refractivity (Wildman–Crippen MR) is 99.7 cm³/mol. The van der Waals surface area contributed by atoms with Gasteiger partial charge in [0.2, 0.25) is 0 Å². The highest BCUT2D eigenvalue weighted by atomic mass is 32.2. The highest BCUT2D eigenvalue weighted by Crippen LogP contribution is 2.49. The van der Waals surface area contributed by atoms with Gasteiger partial charge in [-0.15, -0.1) is 0 Å². The van der Waals surface area contributed by atoms with Gasteiger partial charge in [0.1, 0.15) is 22.5 Å². The normalized spacial score (nSPS) is 15.5. The summed E-state index contributed by atoms with van der Waals surface area (Å²) in [5.74, 6) is 1.69. The Labute approximate surface area is 152 Å². The van der Waals surface area contributed by atoms with Gasteiger partial charge in [-0.25, -0.2) is 8.42 Å². The molecule has 0 amide bonds. The van der Waals surface area contributed by atoms with Gasteiger partial charge in [-0.3, -0.25) is 0 Å². The van der Waals surface area contributed by atoms with Crippen LogP contribution in [0.4, 0.5) is 0 Å². The van der Waals surface area contributed by atoms with Crippen LogP contribution >= 0.6 is 0 Å². The summed E-state index contributed by atoms with van der Waals surface area (Å²) >= 11 is 0. The van der Waals surface area contributed by atoms with E-state index >= 15 is 0 Å². The quantitative estimate of drug-likeness (QED) is 0.676. The zero-order valence-corrected chi connectivity index (χ0v) is 15.3. The molecule has 0 saturated carbocycles. The average Bonchev–Trinajstić information content (AvgIpc) is 2.65. The molecule has 1 heterocycles. The Morgan fingerprint density at radius 3 is 2.31 bits per heavy atom. The molecule has 3 aromatic rings. The monoisotopic (exact) mass is 366 g/mol. The molecule has 0 aromatic heterocycles. The molecule has 0 bridgehead atoms. The first-order valence-electron chi connectivity index (χ1n) is 8.26. The number of hydrogen-bond acceptors (Lipinski definition) is 4. The van der Waals surface area contributed by atoms with Crippen LogP contribution in [0.5, 0.6) is 17.2 Å². The van der Waals surface area contributed by atoms with E-state index in [4.69, 9.17) is 9.47 Å². The van der Waals surface area contributed by atoms with Crippen LogP contribution in [0.15, 0.2) is 71.6 Å². The lowest BCUT2D eigenvalue weighted by Gasteiger charge is -2.28. The first-order chi connectivity index (χ1) is 12.5. The fourth-order valence-electron chi connectivity index (χ4n) is 3.23. The van der Waals surface area contributed by atoms with Gasteiger partial charge in [0.05, 0.1) is 12.0 Å². The van der Waals surface area contributed by atoms with Gasteiger partial charge in [0.15, 0.2) is 9.84 Å². The van der Waals surface area contributed by atoms with E-state index in [9.17, 15) is 8.42 Å². The second-order valence-corrected chi connectivity index (χ2v) is 8.31. The Bertz CT molecular complexity index is 1070. The number of methoxy groups -OCH3 is 1. The number of hydrogen-bond donors (Lipinski definition) is 0. The highest BCUT2D eigenvalue weighted by molar-refractivity contribution is 7.92. The number of aryl methyl sites for hydroxylation is 1. The number of rotatable bonds is 3. The van der Waals surface area contributed by atoms with Crippen LogP contribution in [-0.4, -0.2) is 15.5 Å². The third kappa shape index (κ3) is 2.65. The summed E-state index contributed by atoms with van der Waals surface area (Å²) in [4.78, 5) is 0.290. The maximum atomic E-state index is 13.5. The van der Waals surface area contributed by atoms with E-state index < -0.39 is 15.1 Å². The van der Waals surface area contributed by atoms with Gasteiger partial charge < -0.3 is 9.47 Å². The zero-order chi connectivity index (χ0) is 18.3. The van der Waals surface area contributed by atoms with Crippen LogP contribution in [0.3, 0.4) is 0 Å². The molecule has 1 atom stereocenters. The highest BCUT2D eigenvalue weighted by Gasteiger charge is 2.38. The summed E-state index contributed by atoms with van der Waals surface area (Å²) in [6.45, 7) is 1.93. The van der Waals surface area contributed by atoms with Crippen molar-refractivity contribution in [1.29, 1.82) is 0 Å². The van der Waals surface area contributed by atoms with Crippen molar-refractivity contribution in [3.05, 3.63) is 83.4 Å². The second-order valence-electron chi connectivity index (χ2n) is 6.28. The molecule has 0 fully saturated rings. The van der Waals surface area contributed by atoms with Crippen molar-refractivity contribution in [2.24, 2.45) is 0 Å². The van der Waals surface area contributed by atoms with Crippen LogP contribution in [0, 0.1) is 6.92 Å². The summed E-state index contributed by atoms with van der Waals surface area (Å²) in [5.41, 5.74) is 2.23. The molecular weight excluding hydrogens is 348 g/mol. The van der Waals surface area contributed by atoms with E-state index in [0.717, 1.165) is 5.56 Å². The summed E-state index contributed by atoms with van der Waals surface area (Å²) in [6.07, 6.45) is 0. The summed E-state index contributed by atoms with van der Waals surface area (Å²) < 4.78 is 38.3. The molecule has 5 heteroatoms. The molecule has 0 aliphatic carbocycles. The number of benzene rings is 3. The Balaban J connectivity index is 1.96. The molecule has 0 saturated heterocycles. The fraction of sp³-hybridized carbons (Fsp3) is 0.143. The van der Waals surface area contributed by atoms with Crippen molar-refractivity contribution >= 4 is 9.84 Å². The summed E-state index contributed by atoms with van der Waals surface area (Å²) in [6, 6.07) is 19.4. The van der Waals surface area contributed by atoms with Gasteiger partial charge in [-0.05, 0) is 43.3 Å². The number of fused-ring (bicyclic) bond motifs is 2. The standard InChI is InChI=1S/C21H18O4S/c1-14-7-10-16(11-8-14)26(22,23)21-17-5-3-4-6-19(17)25-20-12-9-15(24-2)13-18(20)21/h3-13,21H,1-2H3/t21-/m1/s1. The smallest absolute Gasteiger partial charge is 0.189 e. The maximum Gasteiger partial charge on any atom is 0.189 e. The van der Waals surface area contributed by atoms with Crippen LogP contribution in [0.25, 0.3) is 0 Å². The molecule has 3 aromatic carbocycles.